The second-order valence-corrected chi connectivity index (χ2v) is 7.68. The standard InChI is InChI=1S/C18H27N5O/c1-13-14(2)20-16-5-8-19-23(16)17(13)22-9-4-7-18(12-22)11-21(3)10-6-15(18)24/h5,8,15,24H,4,6-7,9-12H2,1-3H3/t15-,18-/m0/s1. The third-order valence-corrected chi connectivity index (χ3v) is 5.97. The van der Waals surface area contributed by atoms with Crippen LogP contribution < -0.4 is 4.90 Å². The van der Waals surface area contributed by atoms with Crippen LogP contribution in [0, 0.1) is 19.3 Å². The molecule has 0 aromatic carbocycles. The molecule has 0 unspecified atom stereocenters. The van der Waals surface area contributed by atoms with Crippen LogP contribution in [-0.2, 0) is 0 Å². The molecule has 6 nitrogen and oxygen atoms in total. The summed E-state index contributed by atoms with van der Waals surface area (Å²) in [7, 11) is 2.17. The highest BCUT2D eigenvalue weighted by atomic mass is 16.3. The quantitative estimate of drug-likeness (QED) is 0.862. The molecule has 0 bridgehead atoms. The van der Waals surface area contributed by atoms with Gasteiger partial charge in [-0.2, -0.15) is 9.61 Å². The molecular formula is C18H27N5O. The second kappa shape index (κ2) is 5.70. The molecule has 4 rings (SSSR count). The summed E-state index contributed by atoms with van der Waals surface area (Å²) in [5.41, 5.74) is 3.10. The lowest BCUT2D eigenvalue weighted by Crippen LogP contribution is -2.58. The van der Waals surface area contributed by atoms with Crippen molar-refractivity contribution in [3.05, 3.63) is 23.5 Å². The van der Waals surface area contributed by atoms with Gasteiger partial charge in [0.15, 0.2) is 5.65 Å². The predicted octanol–water partition coefficient (Wildman–Crippen LogP) is 1.63. The number of nitrogens with zero attached hydrogens (tertiary/aromatic N) is 5. The number of aliphatic hydroxyl groups is 1. The topological polar surface area (TPSA) is 56.9 Å². The highest BCUT2D eigenvalue weighted by molar-refractivity contribution is 5.56. The summed E-state index contributed by atoms with van der Waals surface area (Å²) in [5.74, 6) is 1.14. The van der Waals surface area contributed by atoms with Gasteiger partial charge in [0, 0.05) is 48.9 Å². The minimum atomic E-state index is -0.215. The smallest absolute Gasteiger partial charge is 0.157 e. The lowest BCUT2D eigenvalue weighted by Gasteiger charge is -2.51. The number of likely N-dealkylation sites (tertiary alicyclic amines) is 1. The van der Waals surface area contributed by atoms with Gasteiger partial charge in [0.25, 0.3) is 0 Å². The van der Waals surface area contributed by atoms with Crippen molar-refractivity contribution in [2.24, 2.45) is 5.41 Å². The molecule has 4 heterocycles. The van der Waals surface area contributed by atoms with Crippen LogP contribution >= 0.6 is 0 Å². The van der Waals surface area contributed by atoms with Crippen molar-refractivity contribution in [3.8, 4) is 0 Å². The Labute approximate surface area is 143 Å². The van der Waals surface area contributed by atoms with Gasteiger partial charge in [0.1, 0.15) is 5.82 Å². The lowest BCUT2D eigenvalue weighted by molar-refractivity contribution is -0.0467. The highest BCUT2D eigenvalue weighted by Gasteiger charge is 2.45. The summed E-state index contributed by atoms with van der Waals surface area (Å²) in [6.07, 6.45) is 4.67. The van der Waals surface area contributed by atoms with E-state index < -0.39 is 0 Å². The fraction of sp³-hybridized carbons (Fsp3) is 0.667. The van der Waals surface area contributed by atoms with E-state index in [4.69, 9.17) is 0 Å². The van der Waals surface area contributed by atoms with Crippen LogP contribution in [0.5, 0.6) is 0 Å². The first-order valence-corrected chi connectivity index (χ1v) is 8.93. The number of hydrogen-bond donors (Lipinski definition) is 1. The van der Waals surface area contributed by atoms with Gasteiger partial charge < -0.3 is 14.9 Å². The van der Waals surface area contributed by atoms with E-state index in [1.807, 2.05) is 16.8 Å². The molecule has 0 amide bonds. The van der Waals surface area contributed by atoms with Crippen molar-refractivity contribution < 1.29 is 5.11 Å². The molecule has 0 radical (unpaired) electrons. The number of anilines is 1. The summed E-state index contributed by atoms with van der Waals surface area (Å²) >= 11 is 0. The Kier molecular flexibility index (Phi) is 3.77. The maximum absolute atomic E-state index is 10.8. The summed E-state index contributed by atoms with van der Waals surface area (Å²) in [6.45, 7) is 8.04. The van der Waals surface area contributed by atoms with Crippen molar-refractivity contribution in [2.75, 3.05) is 38.1 Å². The van der Waals surface area contributed by atoms with Crippen LogP contribution in [-0.4, -0.2) is 63.9 Å². The van der Waals surface area contributed by atoms with Crippen LogP contribution in [0.15, 0.2) is 12.3 Å². The van der Waals surface area contributed by atoms with E-state index in [0.29, 0.717) is 0 Å². The molecule has 0 saturated carbocycles. The SMILES string of the molecule is Cc1nc2ccnn2c(N2CCC[C@]3(CN(C)CC[C@@H]3O)C2)c1C. The number of piperidine rings is 2. The summed E-state index contributed by atoms with van der Waals surface area (Å²) in [5, 5.41) is 15.3. The summed E-state index contributed by atoms with van der Waals surface area (Å²) in [4.78, 5) is 9.43. The summed E-state index contributed by atoms with van der Waals surface area (Å²) < 4.78 is 1.96. The molecule has 0 aliphatic carbocycles. The molecule has 2 saturated heterocycles. The van der Waals surface area contributed by atoms with Gasteiger partial charge >= 0.3 is 0 Å². The molecule has 2 aromatic rings. The Morgan fingerprint density at radius 1 is 1.25 bits per heavy atom. The predicted molar refractivity (Wildman–Crippen MR) is 94.5 cm³/mol. The average molecular weight is 329 g/mol. The Morgan fingerprint density at radius 3 is 2.92 bits per heavy atom. The third-order valence-electron chi connectivity index (χ3n) is 5.97. The van der Waals surface area contributed by atoms with E-state index in [2.05, 4.69) is 40.8 Å². The second-order valence-electron chi connectivity index (χ2n) is 7.68. The normalized spacial score (nSPS) is 28.8. The maximum Gasteiger partial charge on any atom is 0.157 e. The Balaban J connectivity index is 1.75. The molecule has 2 aromatic heterocycles. The van der Waals surface area contributed by atoms with Gasteiger partial charge in [-0.3, -0.25) is 0 Å². The third kappa shape index (κ3) is 2.40. The fourth-order valence-corrected chi connectivity index (χ4v) is 4.60. The van der Waals surface area contributed by atoms with Crippen LogP contribution in [0.4, 0.5) is 5.82 Å². The Morgan fingerprint density at radius 2 is 2.08 bits per heavy atom. The van der Waals surface area contributed by atoms with E-state index in [9.17, 15) is 5.11 Å². The fourth-order valence-electron chi connectivity index (χ4n) is 4.60. The summed E-state index contributed by atoms with van der Waals surface area (Å²) in [6, 6.07) is 1.96. The molecule has 130 valence electrons. The van der Waals surface area contributed by atoms with E-state index in [0.717, 1.165) is 62.6 Å². The Bertz CT molecular complexity index is 757. The number of aliphatic hydroxyl groups excluding tert-OH is 1. The van der Waals surface area contributed by atoms with Crippen LogP contribution in [0.3, 0.4) is 0 Å². The number of aryl methyl sites for hydroxylation is 1. The highest BCUT2D eigenvalue weighted by Crippen LogP contribution is 2.40. The molecular weight excluding hydrogens is 302 g/mol. The van der Waals surface area contributed by atoms with Crippen LogP contribution in [0.25, 0.3) is 5.65 Å². The van der Waals surface area contributed by atoms with Gasteiger partial charge in [-0.15, -0.1) is 0 Å². The van der Waals surface area contributed by atoms with Crippen molar-refractivity contribution in [3.63, 3.8) is 0 Å². The Hall–Kier alpha value is -1.66. The van der Waals surface area contributed by atoms with Gasteiger partial charge in [0.2, 0.25) is 0 Å². The first kappa shape index (κ1) is 15.8. The first-order chi connectivity index (χ1) is 11.5. The van der Waals surface area contributed by atoms with Crippen molar-refractivity contribution in [1.29, 1.82) is 0 Å². The van der Waals surface area contributed by atoms with Crippen LogP contribution in [0.1, 0.15) is 30.5 Å². The monoisotopic (exact) mass is 329 g/mol. The van der Waals surface area contributed by atoms with Gasteiger partial charge in [-0.25, -0.2) is 4.98 Å². The van der Waals surface area contributed by atoms with E-state index >= 15 is 0 Å². The molecule has 6 heteroatoms. The van der Waals surface area contributed by atoms with Gasteiger partial charge in [-0.05, 0) is 40.2 Å². The zero-order chi connectivity index (χ0) is 16.9. The lowest BCUT2D eigenvalue weighted by atomic mass is 9.71. The first-order valence-electron chi connectivity index (χ1n) is 8.93. The number of rotatable bonds is 1. The maximum atomic E-state index is 10.8. The zero-order valence-corrected chi connectivity index (χ0v) is 14.9. The van der Waals surface area contributed by atoms with Gasteiger partial charge in [0.05, 0.1) is 12.3 Å². The minimum Gasteiger partial charge on any atom is -0.392 e. The van der Waals surface area contributed by atoms with Crippen molar-refractivity contribution in [2.45, 2.75) is 39.2 Å². The molecule has 2 aliphatic heterocycles. The van der Waals surface area contributed by atoms with Crippen molar-refractivity contribution in [1.82, 2.24) is 19.5 Å². The minimum absolute atomic E-state index is 0.0334. The molecule has 2 fully saturated rings. The van der Waals surface area contributed by atoms with Crippen LogP contribution in [0.2, 0.25) is 0 Å². The van der Waals surface area contributed by atoms with E-state index in [1.165, 1.54) is 5.56 Å². The van der Waals surface area contributed by atoms with E-state index in [-0.39, 0.29) is 11.5 Å². The molecule has 2 aliphatic rings. The molecule has 24 heavy (non-hydrogen) atoms. The molecule has 1 spiro atoms. The number of fused-ring (bicyclic) bond motifs is 1. The van der Waals surface area contributed by atoms with E-state index in [1.54, 1.807) is 0 Å². The number of aromatic nitrogens is 3. The number of hydrogen-bond acceptors (Lipinski definition) is 5. The average Bonchev–Trinajstić information content (AvgIpc) is 3.00. The van der Waals surface area contributed by atoms with Crippen molar-refractivity contribution >= 4 is 11.5 Å². The zero-order valence-electron chi connectivity index (χ0n) is 14.9. The molecule has 1 N–H and O–H groups in total. The van der Waals surface area contributed by atoms with Gasteiger partial charge in [-0.1, -0.05) is 0 Å². The molecule has 2 atom stereocenters. The largest absolute Gasteiger partial charge is 0.392 e.